The van der Waals surface area contributed by atoms with Gasteiger partial charge >= 0.3 is 0 Å². The highest BCUT2D eigenvalue weighted by atomic mass is 16.3. The van der Waals surface area contributed by atoms with E-state index in [-0.39, 0.29) is 0 Å². The van der Waals surface area contributed by atoms with Crippen LogP contribution < -0.4 is 4.57 Å². The Kier molecular flexibility index (Phi) is 4.94. The van der Waals surface area contributed by atoms with Crippen LogP contribution in [0.4, 0.5) is 0 Å². The van der Waals surface area contributed by atoms with E-state index in [2.05, 4.69) is 72.2 Å². The fraction of sp³-hybridized carbons (Fsp3) is 0.0625. The molecule has 35 heavy (non-hydrogen) atoms. The molecule has 4 aromatic carbocycles. The van der Waals surface area contributed by atoms with Gasteiger partial charge in [0.15, 0.2) is 6.20 Å². The summed E-state index contributed by atoms with van der Waals surface area (Å²) in [5.41, 5.74) is 9.61. The monoisotopic (exact) mass is 451 g/mol. The lowest BCUT2D eigenvalue weighted by molar-refractivity contribution is -0.660. The zero-order valence-corrected chi connectivity index (χ0v) is 19.6. The first-order valence-electron chi connectivity index (χ1n) is 11.7. The smallest absolute Gasteiger partial charge is 0.216 e. The fourth-order valence-electron chi connectivity index (χ4n) is 4.94. The number of nitriles is 1. The van der Waals surface area contributed by atoms with Crippen molar-refractivity contribution in [2.24, 2.45) is 7.05 Å². The molecule has 0 saturated carbocycles. The van der Waals surface area contributed by atoms with E-state index in [0.717, 1.165) is 61.0 Å². The van der Waals surface area contributed by atoms with Crippen LogP contribution in [-0.2, 0) is 7.05 Å². The SMILES string of the molecule is Cc1ccc2c(oc3c(-c4ccc(-c5ccccc5)cc4)c(C#N)ccc32)c1-c1cccc[n+]1C. The van der Waals surface area contributed by atoms with Gasteiger partial charge in [-0.25, -0.2) is 4.57 Å². The summed E-state index contributed by atoms with van der Waals surface area (Å²) in [4.78, 5) is 0. The summed E-state index contributed by atoms with van der Waals surface area (Å²) in [7, 11) is 2.05. The molecule has 0 aliphatic heterocycles. The molecular weight excluding hydrogens is 428 g/mol. The number of aryl methyl sites for hydroxylation is 2. The third-order valence-corrected chi connectivity index (χ3v) is 6.73. The minimum absolute atomic E-state index is 0.604. The predicted molar refractivity (Wildman–Crippen MR) is 141 cm³/mol. The van der Waals surface area contributed by atoms with Gasteiger partial charge in [-0.2, -0.15) is 5.26 Å². The van der Waals surface area contributed by atoms with E-state index in [9.17, 15) is 5.26 Å². The summed E-state index contributed by atoms with van der Waals surface area (Å²) in [5, 5.41) is 12.0. The molecule has 0 saturated heterocycles. The molecule has 0 N–H and O–H groups in total. The maximum absolute atomic E-state index is 9.96. The average molecular weight is 452 g/mol. The molecule has 166 valence electrons. The first-order valence-corrected chi connectivity index (χ1v) is 11.7. The zero-order valence-electron chi connectivity index (χ0n) is 19.6. The van der Waals surface area contributed by atoms with Crippen LogP contribution in [0.2, 0.25) is 0 Å². The second-order valence-corrected chi connectivity index (χ2v) is 8.85. The average Bonchev–Trinajstić information content (AvgIpc) is 3.28. The molecule has 0 radical (unpaired) electrons. The van der Waals surface area contributed by atoms with E-state index in [1.165, 1.54) is 0 Å². The van der Waals surface area contributed by atoms with E-state index in [0.29, 0.717) is 5.56 Å². The summed E-state index contributed by atoms with van der Waals surface area (Å²) in [5.74, 6) is 0. The minimum atomic E-state index is 0.604. The van der Waals surface area contributed by atoms with Gasteiger partial charge in [-0.15, -0.1) is 0 Å². The van der Waals surface area contributed by atoms with E-state index in [4.69, 9.17) is 4.42 Å². The molecule has 3 heteroatoms. The quantitative estimate of drug-likeness (QED) is 0.260. The van der Waals surface area contributed by atoms with Crippen LogP contribution in [0.25, 0.3) is 55.4 Å². The number of pyridine rings is 1. The first-order chi connectivity index (χ1) is 17.2. The summed E-state index contributed by atoms with van der Waals surface area (Å²) in [6.07, 6.45) is 2.05. The van der Waals surface area contributed by atoms with Gasteiger partial charge in [-0.3, -0.25) is 0 Å². The van der Waals surface area contributed by atoms with Crippen molar-refractivity contribution < 1.29 is 8.98 Å². The molecule has 2 aromatic heterocycles. The lowest BCUT2D eigenvalue weighted by Gasteiger charge is -2.07. The number of rotatable bonds is 3. The Morgan fingerprint density at radius 2 is 1.29 bits per heavy atom. The zero-order chi connectivity index (χ0) is 23.9. The third-order valence-electron chi connectivity index (χ3n) is 6.73. The standard InChI is InChI=1S/C32H23N2O/c1-21-11-17-26-27-18-16-25(20-33)30(24-14-12-23(13-15-24)22-8-4-3-5-9-22)32(27)35-31(26)29(21)28-10-6-7-19-34(28)2/h3-19H,1-2H3/q+1. The summed E-state index contributed by atoms with van der Waals surface area (Å²) in [6, 6.07) is 35.4. The number of fused-ring (bicyclic) bond motifs is 3. The van der Waals surface area contributed by atoms with Crippen LogP contribution >= 0.6 is 0 Å². The van der Waals surface area contributed by atoms with Crippen LogP contribution in [0.3, 0.4) is 0 Å². The Bertz CT molecular complexity index is 1750. The first kappa shape index (κ1) is 20.9. The summed E-state index contributed by atoms with van der Waals surface area (Å²) in [6.45, 7) is 2.11. The number of hydrogen-bond acceptors (Lipinski definition) is 2. The van der Waals surface area contributed by atoms with Crippen LogP contribution in [-0.4, -0.2) is 0 Å². The van der Waals surface area contributed by atoms with Crippen molar-refractivity contribution in [1.82, 2.24) is 0 Å². The lowest BCUT2D eigenvalue weighted by atomic mass is 9.95. The number of hydrogen-bond donors (Lipinski definition) is 0. The van der Waals surface area contributed by atoms with E-state index < -0.39 is 0 Å². The van der Waals surface area contributed by atoms with Crippen molar-refractivity contribution in [2.75, 3.05) is 0 Å². The number of aromatic nitrogens is 1. The molecule has 0 aliphatic rings. The molecule has 0 atom stereocenters. The van der Waals surface area contributed by atoms with E-state index in [1.54, 1.807) is 0 Å². The minimum Gasteiger partial charge on any atom is -0.454 e. The van der Waals surface area contributed by atoms with Gasteiger partial charge in [0, 0.05) is 28.5 Å². The number of nitrogens with zero attached hydrogens (tertiary/aromatic N) is 2. The highest BCUT2D eigenvalue weighted by Crippen LogP contribution is 2.42. The molecule has 3 nitrogen and oxygen atoms in total. The van der Waals surface area contributed by atoms with Gasteiger partial charge in [0.25, 0.3) is 0 Å². The molecular formula is C32H23N2O+. The van der Waals surface area contributed by atoms with Crippen LogP contribution in [0.15, 0.2) is 108 Å². The van der Waals surface area contributed by atoms with Crippen LogP contribution in [0.1, 0.15) is 11.1 Å². The summed E-state index contributed by atoms with van der Waals surface area (Å²) >= 11 is 0. The molecule has 6 rings (SSSR count). The molecule has 2 heterocycles. The van der Waals surface area contributed by atoms with Gasteiger partial charge in [-0.05, 0) is 47.4 Å². The van der Waals surface area contributed by atoms with Crippen molar-refractivity contribution in [3.8, 4) is 39.6 Å². The maximum Gasteiger partial charge on any atom is 0.216 e. The van der Waals surface area contributed by atoms with Crippen molar-refractivity contribution >= 4 is 21.9 Å². The highest BCUT2D eigenvalue weighted by molar-refractivity contribution is 6.14. The molecule has 0 amide bonds. The van der Waals surface area contributed by atoms with Crippen molar-refractivity contribution in [1.29, 1.82) is 5.26 Å². The second kappa shape index (κ2) is 8.27. The molecule has 0 fully saturated rings. The van der Waals surface area contributed by atoms with Crippen molar-refractivity contribution in [3.05, 3.63) is 114 Å². The van der Waals surface area contributed by atoms with Crippen molar-refractivity contribution in [2.45, 2.75) is 6.92 Å². The predicted octanol–water partition coefficient (Wildman–Crippen LogP) is 7.59. The topological polar surface area (TPSA) is 40.8 Å². The van der Waals surface area contributed by atoms with Gasteiger partial charge in [0.05, 0.1) is 17.2 Å². The third kappa shape index (κ3) is 3.39. The van der Waals surface area contributed by atoms with Gasteiger partial charge in [0.1, 0.15) is 18.2 Å². The normalized spacial score (nSPS) is 11.1. The molecule has 0 unspecified atom stereocenters. The number of benzene rings is 4. The van der Waals surface area contributed by atoms with Gasteiger partial charge < -0.3 is 4.42 Å². The van der Waals surface area contributed by atoms with E-state index >= 15 is 0 Å². The summed E-state index contributed by atoms with van der Waals surface area (Å²) < 4.78 is 8.76. The Morgan fingerprint density at radius 3 is 2.00 bits per heavy atom. The Hall–Kier alpha value is -4.68. The lowest BCUT2D eigenvalue weighted by Crippen LogP contribution is -2.30. The molecule has 0 bridgehead atoms. The molecule has 0 spiro atoms. The maximum atomic E-state index is 9.96. The van der Waals surface area contributed by atoms with Crippen molar-refractivity contribution in [3.63, 3.8) is 0 Å². The van der Waals surface area contributed by atoms with Gasteiger partial charge in [-0.1, -0.05) is 66.7 Å². The largest absolute Gasteiger partial charge is 0.454 e. The van der Waals surface area contributed by atoms with E-state index in [1.807, 2.05) is 55.7 Å². The van der Waals surface area contributed by atoms with Crippen LogP contribution in [0, 0.1) is 18.3 Å². The Balaban J connectivity index is 1.61. The second-order valence-electron chi connectivity index (χ2n) is 8.85. The number of furan rings is 1. The molecule has 6 aromatic rings. The fourth-order valence-corrected chi connectivity index (χ4v) is 4.94. The Labute approximate surface area is 204 Å². The molecule has 0 aliphatic carbocycles. The van der Waals surface area contributed by atoms with Gasteiger partial charge in [0.2, 0.25) is 5.69 Å². The highest BCUT2D eigenvalue weighted by Gasteiger charge is 2.22. The Morgan fingerprint density at radius 1 is 0.657 bits per heavy atom. The van der Waals surface area contributed by atoms with Crippen LogP contribution in [0.5, 0.6) is 0 Å².